The first kappa shape index (κ1) is 23.1. The van der Waals surface area contributed by atoms with Gasteiger partial charge in [-0.1, -0.05) is 18.2 Å². The summed E-state index contributed by atoms with van der Waals surface area (Å²) in [6.45, 7) is 2.86. The van der Waals surface area contributed by atoms with Gasteiger partial charge in [0.1, 0.15) is 23.9 Å². The van der Waals surface area contributed by atoms with Crippen molar-refractivity contribution in [1.82, 2.24) is 5.32 Å². The van der Waals surface area contributed by atoms with E-state index < -0.39 is 0 Å². The summed E-state index contributed by atoms with van der Waals surface area (Å²) in [4.78, 5) is 17.4. The van der Waals surface area contributed by atoms with Crippen LogP contribution in [0.5, 0.6) is 11.5 Å². The van der Waals surface area contributed by atoms with Crippen molar-refractivity contribution in [2.24, 2.45) is 4.99 Å². The zero-order valence-electron chi connectivity index (χ0n) is 17.7. The van der Waals surface area contributed by atoms with Gasteiger partial charge in [0.25, 0.3) is 5.91 Å². The molecule has 1 aliphatic rings. The maximum atomic E-state index is 13.0. The van der Waals surface area contributed by atoms with Crippen molar-refractivity contribution >= 4 is 50.5 Å². The van der Waals surface area contributed by atoms with Gasteiger partial charge < -0.3 is 14.8 Å². The minimum Gasteiger partial charge on any atom is -0.494 e. The molecule has 0 spiro atoms. The molecule has 1 fully saturated rings. The average Bonchev–Trinajstić information content (AvgIpc) is 3.14. The summed E-state index contributed by atoms with van der Waals surface area (Å²) in [5.41, 5.74) is 2.44. The number of hydrogen-bond acceptors (Lipinski definition) is 5. The van der Waals surface area contributed by atoms with Crippen molar-refractivity contribution in [3.05, 3.63) is 93.1 Å². The molecule has 0 bridgehead atoms. The molecule has 0 saturated carbocycles. The second-order valence-electron chi connectivity index (χ2n) is 7.01. The van der Waals surface area contributed by atoms with Crippen molar-refractivity contribution in [2.45, 2.75) is 13.5 Å². The van der Waals surface area contributed by atoms with E-state index in [1.54, 1.807) is 18.2 Å². The molecule has 5 nitrogen and oxygen atoms in total. The van der Waals surface area contributed by atoms with Crippen LogP contribution in [0.1, 0.15) is 18.1 Å². The molecule has 0 atom stereocenters. The Balaban J connectivity index is 1.42. The highest BCUT2D eigenvalue weighted by atomic mass is 79.9. The van der Waals surface area contributed by atoms with E-state index in [0.717, 1.165) is 27.0 Å². The Morgan fingerprint density at radius 1 is 1.06 bits per heavy atom. The van der Waals surface area contributed by atoms with Crippen molar-refractivity contribution in [2.75, 3.05) is 6.61 Å². The molecule has 1 saturated heterocycles. The molecular formula is C25H20BrFN2O3S. The summed E-state index contributed by atoms with van der Waals surface area (Å²) in [5.74, 6) is 0.958. The number of rotatable bonds is 7. The van der Waals surface area contributed by atoms with Gasteiger partial charge >= 0.3 is 0 Å². The van der Waals surface area contributed by atoms with Crippen LogP contribution in [0.15, 0.2) is 81.1 Å². The van der Waals surface area contributed by atoms with Crippen molar-refractivity contribution < 1.29 is 18.7 Å². The molecule has 0 aliphatic carbocycles. The molecule has 0 radical (unpaired) electrons. The zero-order chi connectivity index (χ0) is 23.2. The van der Waals surface area contributed by atoms with Crippen LogP contribution in [0.4, 0.5) is 10.1 Å². The van der Waals surface area contributed by atoms with Crippen LogP contribution in [0.3, 0.4) is 0 Å². The van der Waals surface area contributed by atoms with Gasteiger partial charge in [0.05, 0.1) is 21.7 Å². The van der Waals surface area contributed by atoms with Gasteiger partial charge in [-0.2, -0.15) is 0 Å². The monoisotopic (exact) mass is 526 g/mol. The quantitative estimate of drug-likeness (QED) is 0.359. The summed E-state index contributed by atoms with van der Waals surface area (Å²) in [6.07, 6.45) is 1.80. The van der Waals surface area contributed by atoms with E-state index in [4.69, 9.17) is 9.47 Å². The Bertz CT molecular complexity index is 1210. The molecule has 3 aromatic rings. The lowest BCUT2D eigenvalue weighted by atomic mass is 10.2. The van der Waals surface area contributed by atoms with Crippen LogP contribution in [0.25, 0.3) is 6.08 Å². The van der Waals surface area contributed by atoms with Crippen LogP contribution < -0.4 is 14.8 Å². The molecular weight excluding hydrogens is 507 g/mol. The maximum Gasteiger partial charge on any atom is 0.264 e. The number of nitrogens with one attached hydrogen (secondary N) is 1. The predicted molar refractivity (Wildman–Crippen MR) is 133 cm³/mol. The first-order chi connectivity index (χ1) is 16.0. The van der Waals surface area contributed by atoms with Gasteiger partial charge in [-0.15, -0.1) is 0 Å². The Morgan fingerprint density at radius 3 is 2.52 bits per heavy atom. The normalized spacial score (nSPS) is 15.7. The molecule has 1 N–H and O–H groups in total. The average molecular weight is 527 g/mol. The number of carbonyl (C=O) groups excluding carboxylic acids is 1. The molecule has 4 rings (SSSR count). The molecule has 0 aromatic heterocycles. The topological polar surface area (TPSA) is 59.9 Å². The molecule has 1 heterocycles. The minimum atomic E-state index is -0.279. The van der Waals surface area contributed by atoms with E-state index in [2.05, 4.69) is 26.2 Å². The van der Waals surface area contributed by atoms with Gasteiger partial charge in [0, 0.05) is 0 Å². The van der Waals surface area contributed by atoms with Gasteiger partial charge in [-0.3, -0.25) is 4.79 Å². The number of hydrogen-bond donors (Lipinski definition) is 1. The molecule has 8 heteroatoms. The van der Waals surface area contributed by atoms with Gasteiger partial charge in [-0.05, 0) is 100 Å². The van der Waals surface area contributed by atoms with Crippen LogP contribution in [0.2, 0.25) is 0 Å². The third-order valence-corrected chi connectivity index (χ3v) is 6.12. The van der Waals surface area contributed by atoms with E-state index in [1.165, 1.54) is 23.9 Å². The minimum absolute atomic E-state index is 0.197. The summed E-state index contributed by atoms with van der Waals surface area (Å²) >= 11 is 4.80. The lowest BCUT2D eigenvalue weighted by Crippen LogP contribution is -2.19. The van der Waals surface area contributed by atoms with Crippen molar-refractivity contribution in [3.63, 3.8) is 0 Å². The highest BCUT2D eigenvalue weighted by Gasteiger charge is 2.24. The molecule has 3 aromatic carbocycles. The van der Waals surface area contributed by atoms with Gasteiger partial charge in [0.15, 0.2) is 5.17 Å². The second kappa shape index (κ2) is 10.7. The fourth-order valence-corrected chi connectivity index (χ4v) is 4.35. The van der Waals surface area contributed by atoms with E-state index >= 15 is 0 Å². The van der Waals surface area contributed by atoms with E-state index in [1.807, 2.05) is 49.4 Å². The smallest absolute Gasteiger partial charge is 0.264 e. The Hall–Kier alpha value is -3.10. The van der Waals surface area contributed by atoms with Gasteiger partial charge in [-0.25, -0.2) is 9.38 Å². The Kier molecular flexibility index (Phi) is 7.47. The standard InChI is InChI=1S/C25H20BrFN2O3S/c1-2-31-20-10-8-19(9-11-20)28-25-29-24(30)23(33-25)14-17-5-12-22(21(26)13-17)32-15-16-3-6-18(27)7-4-16/h3-14H,2,15H2,1H3,(H,28,29,30)/b23-14+. The van der Waals surface area contributed by atoms with E-state index in [0.29, 0.717) is 29.0 Å². The van der Waals surface area contributed by atoms with Crippen LogP contribution >= 0.6 is 27.7 Å². The number of aliphatic imine (C=N–C) groups is 1. The molecule has 168 valence electrons. The Morgan fingerprint density at radius 2 is 1.82 bits per heavy atom. The third kappa shape index (κ3) is 6.24. The van der Waals surface area contributed by atoms with Crippen molar-refractivity contribution in [3.8, 4) is 11.5 Å². The highest BCUT2D eigenvalue weighted by Crippen LogP contribution is 2.31. The van der Waals surface area contributed by atoms with Crippen LogP contribution in [-0.4, -0.2) is 17.7 Å². The zero-order valence-corrected chi connectivity index (χ0v) is 20.1. The fraction of sp³-hybridized carbons (Fsp3) is 0.120. The van der Waals surface area contributed by atoms with Gasteiger partial charge in [0.2, 0.25) is 0 Å². The molecule has 1 amide bonds. The van der Waals surface area contributed by atoms with Crippen molar-refractivity contribution in [1.29, 1.82) is 0 Å². The lowest BCUT2D eigenvalue weighted by molar-refractivity contribution is -0.115. The summed E-state index contributed by atoms with van der Waals surface area (Å²) < 4.78 is 25.0. The first-order valence-electron chi connectivity index (χ1n) is 10.2. The number of carbonyl (C=O) groups is 1. The highest BCUT2D eigenvalue weighted by molar-refractivity contribution is 9.10. The Labute approximate surface area is 203 Å². The number of benzene rings is 3. The van der Waals surface area contributed by atoms with E-state index in [9.17, 15) is 9.18 Å². The summed E-state index contributed by atoms with van der Waals surface area (Å²) in [5, 5.41) is 3.31. The first-order valence-corrected chi connectivity index (χ1v) is 11.8. The lowest BCUT2D eigenvalue weighted by Gasteiger charge is -2.09. The van der Waals surface area contributed by atoms with Crippen LogP contribution in [0, 0.1) is 5.82 Å². The maximum absolute atomic E-state index is 13.0. The predicted octanol–water partition coefficient (Wildman–Crippen LogP) is 6.46. The number of nitrogens with zero attached hydrogens (tertiary/aromatic N) is 1. The molecule has 1 aliphatic heterocycles. The number of ether oxygens (including phenoxy) is 2. The summed E-state index contributed by atoms with van der Waals surface area (Å²) in [7, 11) is 0. The van der Waals surface area contributed by atoms with Crippen LogP contribution in [-0.2, 0) is 11.4 Å². The number of amides is 1. The van der Waals surface area contributed by atoms with E-state index in [-0.39, 0.29) is 11.7 Å². The SMILES string of the molecule is CCOc1ccc(N=C2NC(=O)/C(=C\c3ccc(OCc4ccc(F)cc4)c(Br)c3)S2)cc1. The molecule has 0 unspecified atom stereocenters. The molecule has 33 heavy (non-hydrogen) atoms. The summed E-state index contributed by atoms with van der Waals surface area (Å²) in [6, 6.07) is 19.1. The number of amidine groups is 1. The third-order valence-electron chi connectivity index (χ3n) is 4.59. The number of halogens is 2. The number of thioether (sulfide) groups is 1. The second-order valence-corrected chi connectivity index (χ2v) is 8.90. The fourth-order valence-electron chi connectivity index (χ4n) is 3.00. The largest absolute Gasteiger partial charge is 0.494 e.